The molecule has 0 radical (unpaired) electrons. The molecule has 0 fully saturated rings. The van der Waals surface area contributed by atoms with Crippen molar-refractivity contribution in [2.24, 2.45) is 0 Å². The van der Waals surface area contributed by atoms with Gasteiger partial charge in [-0.15, -0.1) is 0 Å². The normalized spacial score (nSPS) is 13.5. The van der Waals surface area contributed by atoms with Crippen LogP contribution in [0.25, 0.3) is 44.3 Å². The molecule has 2 nitrogen and oxygen atoms in total. The number of aryl methyl sites for hydroxylation is 4. The molecular formula is C40H32N2. The molecule has 202 valence electrons. The van der Waals surface area contributed by atoms with E-state index < -0.39 is 0 Å². The van der Waals surface area contributed by atoms with Gasteiger partial charge in [0.15, 0.2) is 0 Å². The third-order valence-electron chi connectivity index (χ3n) is 9.76. The Morgan fingerprint density at radius 1 is 0.405 bits per heavy atom. The van der Waals surface area contributed by atoms with E-state index in [2.05, 4.69) is 130 Å². The number of hydrogen-bond acceptors (Lipinski definition) is 0. The fourth-order valence-electron chi connectivity index (χ4n) is 7.87. The molecule has 0 aliphatic heterocycles. The van der Waals surface area contributed by atoms with Crippen LogP contribution in [-0.2, 0) is 38.8 Å². The number of fused-ring (bicyclic) bond motifs is 10. The van der Waals surface area contributed by atoms with Crippen molar-refractivity contribution < 1.29 is 0 Å². The van der Waals surface area contributed by atoms with Crippen LogP contribution in [-0.4, -0.2) is 9.13 Å². The summed E-state index contributed by atoms with van der Waals surface area (Å²) >= 11 is 0. The maximum atomic E-state index is 2.60. The Bertz CT molecular complexity index is 2000. The van der Waals surface area contributed by atoms with Gasteiger partial charge in [-0.25, -0.2) is 0 Å². The molecule has 2 heteroatoms. The molecule has 7 aromatic rings. The second-order valence-corrected chi connectivity index (χ2v) is 11.9. The standard InChI is InChI=1S/C40H32N2/c1-2-14-30(26-42-38-20-10-8-18-34(38)36-24-22-28-12-4-6-16-32(28)40(36)42)29(13-1)25-41-37-19-9-7-17-33(37)35-23-21-27-11-3-5-15-31(27)39(35)41/h1-20H,21-26H2. The average Bonchev–Trinajstić information content (AvgIpc) is 3.55. The number of para-hydroxylation sites is 2. The lowest BCUT2D eigenvalue weighted by molar-refractivity contribution is 0.777. The Kier molecular flexibility index (Phi) is 5.31. The molecule has 0 unspecified atom stereocenters. The minimum atomic E-state index is 0.859. The molecule has 0 atom stereocenters. The Labute approximate surface area is 246 Å². The molecular weight excluding hydrogens is 508 g/mol. The number of hydrogen-bond donors (Lipinski definition) is 0. The molecule has 0 saturated heterocycles. The highest BCUT2D eigenvalue weighted by atomic mass is 15.0. The summed E-state index contributed by atoms with van der Waals surface area (Å²) in [6.45, 7) is 1.72. The highest BCUT2D eigenvalue weighted by Crippen LogP contribution is 2.42. The van der Waals surface area contributed by atoms with Gasteiger partial charge in [-0.05, 0) is 71.2 Å². The molecule has 0 saturated carbocycles. The zero-order valence-corrected chi connectivity index (χ0v) is 23.7. The lowest BCUT2D eigenvalue weighted by Crippen LogP contribution is -2.12. The highest BCUT2D eigenvalue weighted by Gasteiger charge is 2.26. The van der Waals surface area contributed by atoms with E-state index in [4.69, 9.17) is 0 Å². The van der Waals surface area contributed by atoms with Gasteiger partial charge >= 0.3 is 0 Å². The van der Waals surface area contributed by atoms with Crippen molar-refractivity contribution in [2.75, 3.05) is 0 Å². The van der Waals surface area contributed by atoms with Gasteiger partial charge in [0.2, 0.25) is 0 Å². The number of nitrogens with zero attached hydrogens (tertiary/aromatic N) is 2. The number of aromatic nitrogens is 2. The summed E-state index contributed by atoms with van der Waals surface area (Å²) in [5.74, 6) is 0. The van der Waals surface area contributed by atoms with Crippen molar-refractivity contribution in [1.29, 1.82) is 0 Å². The van der Waals surface area contributed by atoms with Crippen molar-refractivity contribution in [1.82, 2.24) is 9.13 Å². The number of rotatable bonds is 4. The molecule has 0 N–H and O–H groups in total. The molecule has 2 aliphatic carbocycles. The largest absolute Gasteiger partial charge is 0.336 e. The third kappa shape index (κ3) is 3.51. The monoisotopic (exact) mass is 540 g/mol. The van der Waals surface area contributed by atoms with Crippen LogP contribution < -0.4 is 0 Å². The number of benzene rings is 5. The van der Waals surface area contributed by atoms with Gasteiger partial charge in [0.05, 0.1) is 11.4 Å². The van der Waals surface area contributed by atoms with Gasteiger partial charge in [-0.3, -0.25) is 0 Å². The first-order valence-corrected chi connectivity index (χ1v) is 15.3. The van der Waals surface area contributed by atoms with Crippen molar-refractivity contribution in [3.63, 3.8) is 0 Å². The Balaban J connectivity index is 1.21. The topological polar surface area (TPSA) is 9.86 Å². The van der Waals surface area contributed by atoms with E-state index in [0.29, 0.717) is 0 Å². The van der Waals surface area contributed by atoms with Crippen molar-refractivity contribution in [3.05, 3.63) is 155 Å². The Morgan fingerprint density at radius 3 is 1.31 bits per heavy atom. The van der Waals surface area contributed by atoms with E-state index in [1.54, 1.807) is 0 Å². The minimum Gasteiger partial charge on any atom is -0.336 e. The maximum Gasteiger partial charge on any atom is 0.0529 e. The van der Waals surface area contributed by atoms with Crippen LogP contribution in [0.3, 0.4) is 0 Å². The summed E-state index contributed by atoms with van der Waals surface area (Å²) < 4.78 is 5.19. The second kappa shape index (κ2) is 9.36. The first-order chi connectivity index (χ1) is 20.8. The van der Waals surface area contributed by atoms with Crippen LogP contribution in [0.15, 0.2) is 121 Å². The average molecular weight is 541 g/mol. The molecule has 0 bridgehead atoms. The summed E-state index contributed by atoms with van der Waals surface area (Å²) in [4.78, 5) is 0. The summed E-state index contributed by atoms with van der Waals surface area (Å²) in [6.07, 6.45) is 4.42. The predicted octanol–water partition coefficient (Wildman–Crippen LogP) is 9.22. The van der Waals surface area contributed by atoms with Gasteiger partial charge in [-0.2, -0.15) is 0 Å². The predicted molar refractivity (Wildman–Crippen MR) is 174 cm³/mol. The lowest BCUT2D eigenvalue weighted by atomic mass is 9.89. The van der Waals surface area contributed by atoms with Gasteiger partial charge in [0.1, 0.15) is 0 Å². The first-order valence-electron chi connectivity index (χ1n) is 15.3. The van der Waals surface area contributed by atoms with Crippen LogP contribution in [0, 0.1) is 0 Å². The first kappa shape index (κ1) is 23.8. The van der Waals surface area contributed by atoms with Crippen LogP contribution >= 0.6 is 0 Å². The molecule has 0 amide bonds. The SMILES string of the molecule is c1ccc(Cn2c3c(c4ccccc42)CCc2ccccc2-3)c(Cn2c3c(c4ccccc42)CCc2ccccc2-3)c1. The van der Waals surface area contributed by atoms with Gasteiger partial charge < -0.3 is 9.13 Å². The zero-order valence-electron chi connectivity index (χ0n) is 23.7. The smallest absolute Gasteiger partial charge is 0.0529 e. The minimum absolute atomic E-state index is 0.859. The lowest BCUT2D eigenvalue weighted by Gasteiger charge is -2.22. The molecule has 2 aromatic heterocycles. The fourth-order valence-corrected chi connectivity index (χ4v) is 7.87. The summed E-state index contributed by atoms with van der Waals surface area (Å²) in [7, 11) is 0. The quantitative estimate of drug-likeness (QED) is 0.211. The summed E-state index contributed by atoms with van der Waals surface area (Å²) in [6, 6.07) is 45.2. The molecule has 0 spiro atoms. The molecule has 5 aromatic carbocycles. The van der Waals surface area contributed by atoms with Gasteiger partial charge in [-0.1, -0.05) is 109 Å². The summed E-state index contributed by atoms with van der Waals surface area (Å²) in [5.41, 5.74) is 17.0. The maximum absolute atomic E-state index is 2.60. The van der Waals surface area contributed by atoms with Gasteiger partial charge in [0, 0.05) is 46.0 Å². The highest BCUT2D eigenvalue weighted by molar-refractivity contribution is 5.94. The molecule has 2 aliphatic rings. The molecule has 2 heterocycles. The Morgan fingerprint density at radius 2 is 0.810 bits per heavy atom. The van der Waals surface area contributed by atoms with Crippen LogP contribution in [0.2, 0.25) is 0 Å². The molecule has 9 rings (SSSR count). The molecule has 42 heavy (non-hydrogen) atoms. The fraction of sp³-hybridized carbons (Fsp3) is 0.150. The van der Waals surface area contributed by atoms with Crippen LogP contribution in [0.5, 0.6) is 0 Å². The second-order valence-electron chi connectivity index (χ2n) is 11.9. The third-order valence-corrected chi connectivity index (χ3v) is 9.76. The van der Waals surface area contributed by atoms with Crippen LogP contribution in [0.4, 0.5) is 0 Å². The van der Waals surface area contributed by atoms with Gasteiger partial charge in [0.25, 0.3) is 0 Å². The van der Waals surface area contributed by atoms with E-state index in [9.17, 15) is 0 Å². The van der Waals surface area contributed by atoms with E-state index in [1.807, 2.05) is 0 Å². The van der Waals surface area contributed by atoms with E-state index in [-0.39, 0.29) is 0 Å². The van der Waals surface area contributed by atoms with Crippen LogP contribution in [0.1, 0.15) is 33.4 Å². The summed E-state index contributed by atoms with van der Waals surface area (Å²) in [5, 5.41) is 2.81. The Hall–Kier alpha value is -4.82. The van der Waals surface area contributed by atoms with E-state index >= 15 is 0 Å². The van der Waals surface area contributed by atoms with Crippen molar-refractivity contribution >= 4 is 21.8 Å². The van der Waals surface area contributed by atoms with E-state index in [0.717, 1.165) is 38.8 Å². The zero-order chi connectivity index (χ0) is 27.6. The van der Waals surface area contributed by atoms with Crippen molar-refractivity contribution in [2.45, 2.75) is 38.8 Å². The van der Waals surface area contributed by atoms with E-state index in [1.165, 1.54) is 77.7 Å². The van der Waals surface area contributed by atoms with Crippen molar-refractivity contribution in [3.8, 4) is 22.5 Å².